The van der Waals surface area contributed by atoms with E-state index in [-0.39, 0.29) is 23.6 Å². The quantitative estimate of drug-likeness (QED) is 0.683. The predicted octanol–water partition coefficient (Wildman–Crippen LogP) is 3.84. The van der Waals surface area contributed by atoms with E-state index in [1.165, 1.54) is 19.2 Å². The highest BCUT2D eigenvalue weighted by Crippen LogP contribution is 2.42. The van der Waals surface area contributed by atoms with Crippen molar-refractivity contribution in [2.75, 3.05) is 19.1 Å². The molecular formula is C20H16Cl2N2O5. The summed E-state index contributed by atoms with van der Waals surface area (Å²) in [5, 5.41) is 4.69. The van der Waals surface area contributed by atoms with E-state index >= 15 is 0 Å². The average molecular weight is 435 g/mol. The van der Waals surface area contributed by atoms with Crippen LogP contribution in [0.2, 0.25) is 10.0 Å². The van der Waals surface area contributed by atoms with Gasteiger partial charge in [0.25, 0.3) is 5.91 Å². The number of ether oxygens (including phenoxy) is 2. The van der Waals surface area contributed by atoms with Gasteiger partial charge in [0.15, 0.2) is 11.5 Å². The molecule has 2 aromatic carbocycles. The molecule has 1 saturated heterocycles. The summed E-state index contributed by atoms with van der Waals surface area (Å²) in [5.74, 6) is 0.142. The zero-order valence-electron chi connectivity index (χ0n) is 15.6. The summed E-state index contributed by atoms with van der Waals surface area (Å²) in [4.78, 5) is 32.4. The summed E-state index contributed by atoms with van der Waals surface area (Å²) >= 11 is 12.2. The van der Waals surface area contributed by atoms with Gasteiger partial charge >= 0.3 is 0 Å². The van der Waals surface area contributed by atoms with Gasteiger partial charge in [0.1, 0.15) is 0 Å². The molecule has 2 heterocycles. The molecule has 2 amide bonds. The Balaban J connectivity index is 1.63. The number of benzene rings is 2. The van der Waals surface area contributed by atoms with Crippen LogP contribution >= 0.6 is 23.2 Å². The first-order valence-electron chi connectivity index (χ1n) is 8.68. The SMILES string of the molecule is COc1ccc(C2=NOC3(CC(=O)N(c4cc(Cl)ccc4Cl)C3=O)C2)cc1OC. The second-order valence-electron chi connectivity index (χ2n) is 6.68. The number of carbonyl (C=O) groups excluding carboxylic acids is 2. The van der Waals surface area contributed by atoms with E-state index in [4.69, 9.17) is 37.5 Å². The first-order valence-corrected chi connectivity index (χ1v) is 9.44. The van der Waals surface area contributed by atoms with Crippen LogP contribution in [0.1, 0.15) is 18.4 Å². The predicted molar refractivity (Wildman–Crippen MR) is 108 cm³/mol. The maximum Gasteiger partial charge on any atom is 0.281 e. The Kier molecular flexibility index (Phi) is 4.88. The Bertz CT molecular complexity index is 1060. The fraction of sp³-hybridized carbons (Fsp3) is 0.250. The van der Waals surface area contributed by atoms with Gasteiger partial charge in [-0.05, 0) is 36.4 Å². The number of oxime groups is 1. The van der Waals surface area contributed by atoms with Gasteiger partial charge < -0.3 is 14.3 Å². The van der Waals surface area contributed by atoms with Crippen LogP contribution in [0, 0.1) is 0 Å². The number of rotatable bonds is 4. The maximum atomic E-state index is 13.2. The first kappa shape index (κ1) is 19.5. The number of hydrogen-bond acceptors (Lipinski definition) is 6. The zero-order valence-corrected chi connectivity index (χ0v) is 17.1. The smallest absolute Gasteiger partial charge is 0.281 e. The van der Waals surface area contributed by atoms with Crippen molar-refractivity contribution in [1.29, 1.82) is 0 Å². The normalized spacial score (nSPS) is 20.8. The fourth-order valence-corrected chi connectivity index (χ4v) is 3.84. The van der Waals surface area contributed by atoms with Crippen molar-refractivity contribution < 1.29 is 23.9 Å². The molecule has 29 heavy (non-hydrogen) atoms. The highest BCUT2D eigenvalue weighted by molar-refractivity contribution is 6.38. The summed E-state index contributed by atoms with van der Waals surface area (Å²) in [5.41, 5.74) is 0.0740. The number of anilines is 1. The summed E-state index contributed by atoms with van der Waals surface area (Å²) in [6.07, 6.45) is -0.00327. The molecule has 0 radical (unpaired) electrons. The third-order valence-corrected chi connectivity index (χ3v) is 5.48. The molecule has 4 rings (SSSR count). The van der Waals surface area contributed by atoms with Crippen molar-refractivity contribution in [1.82, 2.24) is 0 Å². The van der Waals surface area contributed by atoms with Gasteiger partial charge in [-0.15, -0.1) is 0 Å². The summed E-state index contributed by atoms with van der Waals surface area (Å²) in [6, 6.07) is 9.86. The van der Waals surface area contributed by atoms with Crippen molar-refractivity contribution in [3.63, 3.8) is 0 Å². The van der Waals surface area contributed by atoms with Gasteiger partial charge in [0, 0.05) is 17.0 Å². The number of methoxy groups -OCH3 is 2. The summed E-state index contributed by atoms with van der Waals surface area (Å²) in [7, 11) is 3.07. The lowest BCUT2D eigenvalue weighted by Crippen LogP contribution is -2.41. The molecule has 0 bridgehead atoms. The lowest BCUT2D eigenvalue weighted by molar-refractivity contribution is -0.136. The van der Waals surface area contributed by atoms with Crippen molar-refractivity contribution in [2.24, 2.45) is 5.16 Å². The fourth-order valence-electron chi connectivity index (χ4n) is 3.47. The molecule has 0 N–H and O–H groups in total. The topological polar surface area (TPSA) is 77.4 Å². The molecule has 1 spiro atoms. The molecule has 7 nitrogen and oxygen atoms in total. The summed E-state index contributed by atoms with van der Waals surface area (Å²) in [6.45, 7) is 0. The van der Waals surface area contributed by atoms with E-state index in [1.807, 2.05) is 0 Å². The number of carbonyl (C=O) groups is 2. The summed E-state index contributed by atoms with van der Waals surface area (Å²) < 4.78 is 10.6. The maximum absolute atomic E-state index is 13.2. The number of halogens is 2. The first-order chi connectivity index (χ1) is 13.9. The van der Waals surface area contributed by atoms with Gasteiger partial charge in [0.2, 0.25) is 11.5 Å². The molecule has 9 heteroatoms. The van der Waals surface area contributed by atoms with Crippen LogP contribution in [0.15, 0.2) is 41.6 Å². The third-order valence-electron chi connectivity index (χ3n) is 4.93. The monoisotopic (exact) mass is 434 g/mol. The number of hydrogen-bond donors (Lipinski definition) is 0. The van der Waals surface area contributed by atoms with Crippen LogP contribution in [0.25, 0.3) is 0 Å². The van der Waals surface area contributed by atoms with E-state index < -0.39 is 17.4 Å². The Morgan fingerprint density at radius 2 is 1.79 bits per heavy atom. The number of imide groups is 1. The Hall–Kier alpha value is -2.77. The Labute approximate surface area is 176 Å². The largest absolute Gasteiger partial charge is 0.493 e. The minimum absolute atomic E-state index is 0.141. The van der Waals surface area contributed by atoms with Crippen LogP contribution in [-0.4, -0.2) is 37.3 Å². The van der Waals surface area contributed by atoms with Crippen molar-refractivity contribution >= 4 is 46.4 Å². The van der Waals surface area contributed by atoms with Crippen LogP contribution in [-0.2, 0) is 14.4 Å². The van der Waals surface area contributed by atoms with Crippen LogP contribution in [0.4, 0.5) is 5.69 Å². The molecule has 0 saturated carbocycles. The molecular weight excluding hydrogens is 419 g/mol. The molecule has 1 fully saturated rings. The van der Waals surface area contributed by atoms with E-state index in [0.29, 0.717) is 27.8 Å². The minimum Gasteiger partial charge on any atom is -0.493 e. The van der Waals surface area contributed by atoms with E-state index in [0.717, 1.165) is 4.90 Å². The molecule has 2 aliphatic heterocycles. The number of amides is 2. The van der Waals surface area contributed by atoms with Crippen LogP contribution in [0.5, 0.6) is 11.5 Å². The number of nitrogens with zero attached hydrogens (tertiary/aromatic N) is 2. The molecule has 1 atom stereocenters. The Morgan fingerprint density at radius 1 is 1.03 bits per heavy atom. The second-order valence-corrected chi connectivity index (χ2v) is 7.52. The molecule has 2 aromatic rings. The zero-order chi connectivity index (χ0) is 20.8. The molecule has 2 aliphatic rings. The van der Waals surface area contributed by atoms with Crippen molar-refractivity contribution in [2.45, 2.75) is 18.4 Å². The lowest BCUT2D eigenvalue weighted by Gasteiger charge is -2.20. The minimum atomic E-state index is -1.40. The highest BCUT2D eigenvalue weighted by Gasteiger charge is 2.58. The molecule has 150 valence electrons. The van der Waals surface area contributed by atoms with Crippen molar-refractivity contribution in [3.8, 4) is 11.5 Å². The third kappa shape index (κ3) is 3.20. The highest BCUT2D eigenvalue weighted by atomic mass is 35.5. The standard InChI is InChI=1S/C20H16Cl2N2O5/c1-27-16-6-3-11(7-17(16)28-2)14-9-20(29-23-14)10-18(25)24(19(20)26)15-8-12(21)4-5-13(15)22/h3-8H,9-10H2,1-2H3. The van der Waals surface area contributed by atoms with Gasteiger partial charge in [0.05, 0.1) is 37.1 Å². The van der Waals surface area contributed by atoms with Crippen LogP contribution in [0.3, 0.4) is 0 Å². The Morgan fingerprint density at radius 3 is 2.52 bits per heavy atom. The molecule has 1 unspecified atom stereocenters. The van der Waals surface area contributed by atoms with Gasteiger partial charge in [-0.1, -0.05) is 28.4 Å². The van der Waals surface area contributed by atoms with Crippen molar-refractivity contribution in [3.05, 3.63) is 52.0 Å². The molecule has 0 aliphatic carbocycles. The second kappa shape index (κ2) is 7.24. The van der Waals surface area contributed by atoms with Gasteiger partial charge in [-0.2, -0.15) is 0 Å². The van der Waals surface area contributed by atoms with Crippen LogP contribution < -0.4 is 14.4 Å². The van der Waals surface area contributed by atoms with Gasteiger partial charge in [-0.3, -0.25) is 9.59 Å². The lowest BCUT2D eigenvalue weighted by atomic mass is 9.92. The average Bonchev–Trinajstić information content (AvgIpc) is 3.24. The molecule has 0 aromatic heterocycles. The van der Waals surface area contributed by atoms with E-state index in [1.54, 1.807) is 31.4 Å². The van der Waals surface area contributed by atoms with Gasteiger partial charge in [-0.25, -0.2) is 4.90 Å². The van der Waals surface area contributed by atoms with E-state index in [2.05, 4.69) is 5.16 Å². The van der Waals surface area contributed by atoms with E-state index in [9.17, 15) is 9.59 Å².